The van der Waals surface area contributed by atoms with E-state index in [-0.39, 0.29) is 47.4 Å². The lowest BCUT2D eigenvalue weighted by molar-refractivity contribution is -0.184. The van der Waals surface area contributed by atoms with Crippen LogP contribution in [-0.2, 0) is 35.6 Å². The number of carbonyl (C=O) groups excluding carboxylic acids is 4. The summed E-state index contributed by atoms with van der Waals surface area (Å²) in [5, 5.41) is 19.4. The molecule has 5 aromatic rings. The molecule has 0 aliphatic carbocycles. The van der Waals surface area contributed by atoms with E-state index >= 15 is 0 Å². The molecule has 4 amide bonds. The second-order valence-corrected chi connectivity index (χ2v) is 18.1. The van der Waals surface area contributed by atoms with Gasteiger partial charge in [-0.05, 0) is 95.2 Å². The maximum atomic E-state index is 13.3. The van der Waals surface area contributed by atoms with Gasteiger partial charge in [0.25, 0.3) is 11.8 Å². The number of aromatic hydroxyl groups is 1. The maximum Gasteiger partial charge on any atom is 0.255 e. The summed E-state index contributed by atoms with van der Waals surface area (Å²) in [7, 11) is -3.36. The number of phenolic OH excluding ortho intramolecular Hbond substituents is 1. The fourth-order valence-electron chi connectivity index (χ4n) is 8.67. The van der Waals surface area contributed by atoms with E-state index in [0.717, 1.165) is 38.7 Å². The van der Waals surface area contributed by atoms with E-state index in [9.17, 15) is 32.7 Å². The number of ether oxygens (including phenoxy) is 1. The van der Waals surface area contributed by atoms with Crippen LogP contribution >= 0.6 is 0 Å². The van der Waals surface area contributed by atoms with Gasteiger partial charge >= 0.3 is 0 Å². The van der Waals surface area contributed by atoms with Crippen LogP contribution in [0.4, 0.5) is 5.69 Å². The highest BCUT2D eigenvalue weighted by Gasteiger charge is 2.39. The Morgan fingerprint density at radius 1 is 0.855 bits per heavy atom. The molecule has 3 fully saturated rings. The van der Waals surface area contributed by atoms with Crippen molar-refractivity contribution in [1.82, 2.24) is 25.5 Å². The third kappa shape index (κ3) is 8.46. The second kappa shape index (κ2) is 16.9. The molecule has 4 aliphatic rings. The lowest BCUT2D eigenvalue weighted by Gasteiger charge is -2.37. The predicted octanol–water partition coefficient (Wildman–Crippen LogP) is 4.40. The van der Waals surface area contributed by atoms with E-state index < -0.39 is 21.8 Å². The molecule has 0 saturated carbocycles. The molecule has 5 aromatic carbocycles. The molecule has 4 heterocycles. The van der Waals surface area contributed by atoms with E-state index in [4.69, 9.17) is 9.57 Å². The molecule has 16 heteroatoms. The fourth-order valence-corrected chi connectivity index (χ4v) is 9.30. The zero-order valence-corrected chi connectivity index (χ0v) is 34.9. The SMILES string of the molecule is CS(=O)(=O)c1ccc(-c2ccc3cc(O)ccc3c2Oc2ccc(C3CN(OCC(=O)N4CCN(c5ccc6c(c5)CN(C5CCC(=O)NC5=O)C6=O)CC4)CCN3)cc2)cc1. The van der Waals surface area contributed by atoms with E-state index in [0.29, 0.717) is 75.8 Å². The minimum atomic E-state index is -3.36. The molecule has 9 rings (SSSR count). The van der Waals surface area contributed by atoms with E-state index in [2.05, 4.69) is 15.5 Å². The third-order valence-electron chi connectivity index (χ3n) is 12.1. The van der Waals surface area contributed by atoms with Gasteiger partial charge in [0.2, 0.25) is 11.8 Å². The lowest BCUT2D eigenvalue weighted by atomic mass is 9.99. The highest BCUT2D eigenvalue weighted by Crippen LogP contribution is 2.41. The number of hydrogen-bond acceptors (Lipinski definition) is 12. The van der Waals surface area contributed by atoms with Crippen LogP contribution in [0.25, 0.3) is 21.9 Å². The van der Waals surface area contributed by atoms with Crippen LogP contribution in [0.5, 0.6) is 17.2 Å². The van der Waals surface area contributed by atoms with E-state index in [1.165, 1.54) is 6.26 Å². The Labute approximate surface area is 358 Å². The summed E-state index contributed by atoms with van der Waals surface area (Å²) < 4.78 is 30.7. The fraction of sp³-hybridized carbons (Fsp3) is 0.304. The number of benzene rings is 5. The number of piperazine rings is 2. The molecule has 15 nitrogen and oxygen atoms in total. The van der Waals surface area contributed by atoms with Crippen LogP contribution in [0, 0.1) is 0 Å². The molecular weight excluding hydrogens is 813 g/mol. The lowest BCUT2D eigenvalue weighted by Crippen LogP contribution is -2.52. The van der Waals surface area contributed by atoms with Gasteiger partial charge in [-0.15, -0.1) is 0 Å². The summed E-state index contributed by atoms with van der Waals surface area (Å²) in [6.45, 7) is 4.34. The number of nitrogens with one attached hydrogen (secondary N) is 2. The molecule has 320 valence electrons. The molecule has 0 spiro atoms. The Hall–Kier alpha value is -6.33. The van der Waals surface area contributed by atoms with Crippen molar-refractivity contribution in [2.24, 2.45) is 0 Å². The zero-order chi connectivity index (χ0) is 43.1. The Balaban J connectivity index is 0.786. The number of anilines is 1. The highest BCUT2D eigenvalue weighted by molar-refractivity contribution is 7.90. The van der Waals surface area contributed by atoms with Crippen molar-refractivity contribution in [3.8, 4) is 28.4 Å². The molecule has 0 aromatic heterocycles. The number of imide groups is 1. The van der Waals surface area contributed by atoms with Crippen molar-refractivity contribution < 1.29 is 42.3 Å². The summed E-state index contributed by atoms with van der Waals surface area (Å²) in [4.78, 5) is 62.4. The summed E-state index contributed by atoms with van der Waals surface area (Å²) in [6.07, 6.45) is 1.70. The Kier molecular flexibility index (Phi) is 11.2. The number of amides is 4. The van der Waals surface area contributed by atoms with Gasteiger partial charge in [0.15, 0.2) is 9.84 Å². The summed E-state index contributed by atoms with van der Waals surface area (Å²) in [5.41, 5.74) is 4.94. The largest absolute Gasteiger partial charge is 0.508 e. The van der Waals surface area contributed by atoms with Crippen molar-refractivity contribution in [3.05, 3.63) is 114 Å². The van der Waals surface area contributed by atoms with Crippen LogP contribution < -0.4 is 20.3 Å². The van der Waals surface area contributed by atoms with Gasteiger partial charge in [-0.25, -0.2) is 8.42 Å². The quantitative estimate of drug-likeness (QED) is 0.169. The minimum absolute atomic E-state index is 0.0559. The van der Waals surface area contributed by atoms with Gasteiger partial charge in [0, 0.05) is 93.3 Å². The average molecular weight is 859 g/mol. The first-order valence-electron chi connectivity index (χ1n) is 20.6. The van der Waals surface area contributed by atoms with E-state index in [1.807, 2.05) is 58.5 Å². The number of hydrogen-bond donors (Lipinski definition) is 3. The molecule has 3 saturated heterocycles. The summed E-state index contributed by atoms with van der Waals surface area (Å²) in [6, 6.07) is 28.3. The molecule has 2 atom stereocenters. The number of nitrogens with zero attached hydrogens (tertiary/aromatic N) is 4. The number of rotatable bonds is 10. The molecule has 62 heavy (non-hydrogen) atoms. The van der Waals surface area contributed by atoms with Gasteiger partial charge in [-0.3, -0.25) is 29.3 Å². The van der Waals surface area contributed by atoms with Gasteiger partial charge in [-0.2, -0.15) is 5.06 Å². The Morgan fingerprint density at radius 2 is 1.61 bits per heavy atom. The number of sulfone groups is 1. The first-order valence-corrected chi connectivity index (χ1v) is 22.5. The van der Waals surface area contributed by atoms with Gasteiger partial charge < -0.3 is 29.9 Å². The average Bonchev–Trinajstić information content (AvgIpc) is 3.60. The summed E-state index contributed by atoms with van der Waals surface area (Å²) >= 11 is 0. The molecular formula is C46H46N6O9S. The van der Waals surface area contributed by atoms with Gasteiger partial charge in [0.05, 0.1) is 4.90 Å². The number of carbonyl (C=O) groups is 4. The topological polar surface area (TPSA) is 178 Å². The smallest absolute Gasteiger partial charge is 0.255 e. The van der Waals surface area contributed by atoms with Crippen molar-refractivity contribution in [3.63, 3.8) is 0 Å². The molecule has 0 bridgehead atoms. The minimum Gasteiger partial charge on any atom is -0.508 e. The number of hydroxylamine groups is 2. The van der Waals surface area contributed by atoms with E-state index in [1.54, 1.807) is 53.4 Å². The second-order valence-electron chi connectivity index (χ2n) is 16.1. The first kappa shape index (κ1) is 41.0. The molecule has 2 unspecified atom stereocenters. The zero-order valence-electron chi connectivity index (χ0n) is 34.1. The Bertz CT molecular complexity index is 2680. The van der Waals surface area contributed by atoms with Crippen molar-refractivity contribution in [2.75, 3.05) is 63.6 Å². The van der Waals surface area contributed by atoms with Crippen molar-refractivity contribution in [1.29, 1.82) is 0 Å². The van der Waals surface area contributed by atoms with Gasteiger partial charge in [-0.1, -0.05) is 30.3 Å². The Morgan fingerprint density at radius 3 is 2.35 bits per heavy atom. The maximum absolute atomic E-state index is 13.3. The van der Waals surface area contributed by atoms with Crippen LogP contribution in [0.1, 0.15) is 40.4 Å². The summed E-state index contributed by atoms with van der Waals surface area (Å²) in [5.74, 6) is 0.269. The molecule has 3 N–H and O–H groups in total. The number of phenols is 1. The standard InChI is InChI=1S/C46H46N6O9S/c1-62(58,59)36-11-4-29(5-12-36)37-13-6-31-25-34(53)8-15-38(31)44(37)61-35-9-2-30(3-10-35)40-27-51(19-18-47-40)60-28-43(55)50-22-20-49(21-23-50)33-7-14-39-32(24-33)26-52(46(39)57)41-16-17-42(54)48-45(41)56/h2-15,24-25,40-41,47,53H,16-23,26-28H2,1H3,(H,48,54,56). The monoisotopic (exact) mass is 858 g/mol. The van der Waals surface area contributed by atoms with Crippen molar-refractivity contribution in [2.45, 2.75) is 36.4 Å². The highest BCUT2D eigenvalue weighted by atomic mass is 32.2. The van der Waals surface area contributed by atoms with Crippen LogP contribution in [0.15, 0.2) is 102 Å². The third-order valence-corrected chi connectivity index (χ3v) is 13.2. The van der Waals surface area contributed by atoms with Crippen LogP contribution in [0.3, 0.4) is 0 Å². The number of fused-ring (bicyclic) bond motifs is 2. The first-order chi connectivity index (χ1) is 29.9. The normalized spacial score (nSPS) is 19.8. The molecule has 4 aliphatic heterocycles. The molecule has 0 radical (unpaired) electrons. The van der Waals surface area contributed by atoms with Crippen molar-refractivity contribution >= 4 is 49.9 Å². The van der Waals surface area contributed by atoms with Gasteiger partial charge in [0.1, 0.15) is 29.9 Å². The predicted molar refractivity (Wildman–Crippen MR) is 230 cm³/mol. The van der Waals surface area contributed by atoms with Crippen LogP contribution in [0.2, 0.25) is 0 Å². The van der Waals surface area contributed by atoms with Crippen LogP contribution in [-0.4, -0.2) is 117 Å². The number of piperidine rings is 1.